The van der Waals surface area contributed by atoms with Gasteiger partial charge in [-0.05, 0) is 154 Å². The number of aliphatic carboxylic acids is 1. The van der Waals surface area contributed by atoms with Crippen molar-refractivity contribution in [3.63, 3.8) is 0 Å². The summed E-state index contributed by atoms with van der Waals surface area (Å²) in [6.45, 7) is 4.49. The summed E-state index contributed by atoms with van der Waals surface area (Å²) in [5.74, 6) is -2.32. The minimum absolute atomic E-state index is 0.135. The largest absolute Gasteiger partial charge is 0.545 e. The third kappa shape index (κ3) is 82.8. The summed E-state index contributed by atoms with van der Waals surface area (Å²) in [6, 6.07) is 0. The highest BCUT2D eigenvalue weighted by molar-refractivity contribution is 5.70. The van der Waals surface area contributed by atoms with E-state index >= 15 is 0 Å². The Morgan fingerprint density at radius 3 is 0.777 bits per heavy atom. The molecule has 0 aromatic carbocycles. The van der Waals surface area contributed by atoms with Crippen molar-refractivity contribution in [3.8, 4) is 0 Å². The lowest BCUT2D eigenvalue weighted by Crippen LogP contribution is -2.44. The lowest BCUT2D eigenvalue weighted by Gasteiger charge is -2.26. The topological polar surface area (TPSA) is 111 Å². The molecule has 0 saturated heterocycles. The molecule has 0 aromatic heterocycles. The molecule has 578 valence electrons. The van der Waals surface area contributed by atoms with E-state index < -0.39 is 24.3 Å². The molecule has 0 amide bonds. The first-order chi connectivity index (χ1) is 50.6. The highest BCUT2D eigenvalue weighted by atomic mass is 16.7. The smallest absolute Gasteiger partial charge is 0.306 e. The summed E-state index contributed by atoms with van der Waals surface area (Å²) in [5, 5.41) is 11.9. The summed E-state index contributed by atoms with van der Waals surface area (Å²) in [5.41, 5.74) is 0. The Bertz CT molecular complexity index is 2510. The molecule has 103 heavy (non-hydrogen) atoms. The number of likely N-dealkylation sites (N-methyl/N-ethyl adjacent to an activating group) is 1. The Kier molecular flexibility index (Phi) is 76.2. The van der Waals surface area contributed by atoms with Gasteiger partial charge in [0.05, 0.1) is 40.3 Å². The first-order valence-corrected chi connectivity index (χ1v) is 40.9. The average molecular weight is 1420 g/mol. The lowest BCUT2D eigenvalue weighted by molar-refractivity contribution is -0.870. The minimum atomic E-state index is -1.64. The van der Waals surface area contributed by atoms with Crippen molar-refractivity contribution in [1.82, 2.24) is 0 Å². The molecule has 0 heterocycles. The van der Waals surface area contributed by atoms with Crippen molar-refractivity contribution in [2.75, 3.05) is 47.5 Å². The molecule has 0 aromatic rings. The predicted octanol–water partition coefficient (Wildman–Crippen LogP) is 25.5. The first kappa shape index (κ1) is 96.6. The Labute approximate surface area is 632 Å². The van der Waals surface area contributed by atoms with E-state index in [4.69, 9.17) is 18.9 Å². The normalized spacial score (nSPS) is 13.8. The van der Waals surface area contributed by atoms with E-state index in [2.05, 4.69) is 233 Å². The van der Waals surface area contributed by atoms with Crippen LogP contribution < -0.4 is 5.11 Å². The lowest BCUT2D eigenvalue weighted by atomic mass is 10.0. The zero-order valence-electron chi connectivity index (χ0n) is 66.1. The fourth-order valence-electron chi connectivity index (χ4n) is 10.6. The number of ether oxygens (including phenoxy) is 4. The summed E-state index contributed by atoms with van der Waals surface area (Å²) < 4.78 is 22.8. The van der Waals surface area contributed by atoms with Gasteiger partial charge in [-0.1, -0.05) is 348 Å². The Balaban J connectivity index is 4.13. The molecule has 0 saturated carbocycles. The van der Waals surface area contributed by atoms with Crippen LogP contribution in [0.4, 0.5) is 0 Å². The van der Waals surface area contributed by atoms with Crippen molar-refractivity contribution in [2.45, 2.75) is 309 Å². The molecular formula is C94H149NO8. The second-order valence-electron chi connectivity index (χ2n) is 27.6. The van der Waals surface area contributed by atoms with Crippen LogP contribution in [0.2, 0.25) is 0 Å². The van der Waals surface area contributed by atoms with E-state index in [1.807, 2.05) is 21.1 Å². The van der Waals surface area contributed by atoms with Gasteiger partial charge in [-0.25, -0.2) is 0 Å². The van der Waals surface area contributed by atoms with Crippen LogP contribution in [0.15, 0.2) is 219 Å². The second-order valence-corrected chi connectivity index (χ2v) is 27.6. The molecule has 0 aliphatic heterocycles. The van der Waals surface area contributed by atoms with Crippen molar-refractivity contribution < 1.29 is 42.9 Å². The maximum atomic E-state index is 13.0. The fraction of sp³-hybridized carbons (Fsp3) is 0.585. The number of hydrogen-bond donors (Lipinski definition) is 0. The van der Waals surface area contributed by atoms with E-state index in [-0.39, 0.29) is 38.6 Å². The zero-order valence-corrected chi connectivity index (χ0v) is 66.1. The summed E-state index contributed by atoms with van der Waals surface area (Å²) in [6.07, 6.45) is 125. The van der Waals surface area contributed by atoms with Gasteiger partial charge in [0.25, 0.3) is 0 Å². The van der Waals surface area contributed by atoms with Gasteiger partial charge in [0, 0.05) is 12.8 Å². The van der Waals surface area contributed by atoms with Crippen LogP contribution >= 0.6 is 0 Å². The van der Waals surface area contributed by atoms with Crippen LogP contribution in [-0.2, 0) is 33.3 Å². The standard InChI is InChI=1S/C94H149NO8/c1-6-8-10-12-14-16-18-20-22-24-26-28-30-32-34-36-38-40-42-44-45-46-47-49-50-52-54-56-58-60-62-64-66-68-70-72-74-76-78-80-82-84-91(96)101-88-90(89-102-94(93(98)99)100-87-86-95(3,4)5)103-92(97)85-83-81-79-77-75-73-71-69-67-65-63-61-59-57-55-53-51-48-43-41-39-37-35-33-31-29-27-25-23-21-19-17-15-13-11-9-7-2/h8-11,14-17,20-23,26-29,32-35,38-41,44-45,47-49,51,55,57,61,63,67,69,90,94H,6-7,12-13,18-19,24-25,30-31,36-37,42-43,46,50,52-54,56,58-60,62,64-66,68,70-89H2,1-5H3/b10-8-,11-9-,16-14-,17-15-,22-20-,23-21-,28-26-,29-27-,34-32-,35-33-,40-38-,41-39-,45-44-,49-47-,51-48-,57-55-,63-61-,69-67-. The van der Waals surface area contributed by atoms with Crippen LogP contribution in [0.3, 0.4) is 0 Å². The SMILES string of the molecule is CC/C=C\C/C=C\C/C=C\C/C=C\C/C=C\C/C=C\C/C=C\C/C=C\C/C=C\C/C=C\CCCCCCCCC(=O)OC(COC(=O)CCCCCCCCCCCCCCCCCC/C=C\C/C=C\C/C=C\C/C=C\C/C=C\C/C=C\C/C=C\C/C=C\CC)COC(OCC[N+](C)(C)C)C(=O)[O-]. The number of unbranched alkanes of at least 4 members (excludes halogenated alkanes) is 22. The van der Waals surface area contributed by atoms with Crippen LogP contribution in [0.5, 0.6) is 0 Å². The molecule has 0 bridgehead atoms. The Morgan fingerprint density at radius 2 is 0.524 bits per heavy atom. The summed E-state index contributed by atoms with van der Waals surface area (Å²) in [4.78, 5) is 37.6. The summed E-state index contributed by atoms with van der Waals surface area (Å²) >= 11 is 0. The van der Waals surface area contributed by atoms with E-state index in [1.54, 1.807) is 0 Å². The van der Waals surface area contributed by atoms with Gasteiger partial charge in [0.2, 0.25) is 0 Å². The molecule has 9 heteroatoms. The molecule has 0 N–H and O–H groups in total. The van der Waals surface area contributed by atoms with Gasteiger partial charge in [0.15, 0.2) is 12.4 Å². The third-order valence-corrected chi connectivity index (χ3v) is 16.7. The molecule has 0 fully saturated rings. The van der Waals surface area contributed by atoms with E-state index in [9.17, 15) is 19.5 Å². The molecule has 0 aliphatic carbocycles. The maximum Gasteiger partial charge on any atom is 0.306 e. The highest BCUT2D eigenvalue weighted by Crippen LogP contribution is 2.17. The number of carbonyl (C=O) groups excluding carboxylic acids is 3. The number of carboxylic acid groups (broad SMARTS) is 1. The molecule has 0 rings (SSSR count). The van der Waals surface area contributed by atoms with Crippen molar-refractivity contribution in [3.05, 3.63) is 219 Å². The van der Waals surface area contributed by atoms with Gasteiger partial charge in [0.1, 0.15) is 13.2 Å². The number of allylic oxidation sites excluding steroid dienone is 36. The van der Waals surface area contributed by atoms with E-state index in [0.29, 0.717) is 17.4 Å². The molecule has 0 spiro atoms. The Morgan fingerprint density at radius 1 is 0.291 bits per heavy atom. The summed E-state index contributed by atoms with van der Waals surface area (Å²) in [7, 11) is 5.92. The van der Waals surface area contributed by atoms with Crippen molar-refractivity contribution in [1.29, 1.82) is 0 Å². The first-order valence-electron chi connectivity index (χ1n) is 40.9. The predicted molar refractivity (Wildman–Crippen MR) is 443 cm³/mol. The van der Waals surface area contributed by atoms with Gasteiger partial charge in [-0.3, -0.25) is 9.59 Å². The zero-order chi connectivity index (χ0) is 74.6. The van der Waals surface area contributed by atoms with Crippen LogP contribution in [-0.4, -0.2) is 82.3 Å². The van der Waals surface area contributed by atoms with Gasteiger partial charge in [-0.15, -0.1) is 0 Å². The number of esters is 2. The monoisotopic (exact) mass is 1420 g/mol. The number of rotatable bonds is 73. The fourth-order valence-corrected chi connectivity index (χ4v) is 10.6. The quantitative estimate of drug-likeness (QED) is 0.0195. The number of carboxylic acids is 1. The maximum absolute atomic E-state index is 13.0. The van der Waals surface area contributed by atoms with Gasteiger partial charge in [-0.2, -0.15) is 0 Å². The van der Waals surface area contributed by atoms with Crippen molar-refractivity contribution >= 4 is 17.9 Å². The highest BCUT2D eigenvalue weighted by Gasteiger charge is 2.22. The molecule has 0 radical (unpaired) electrons. The molecule has 0 aliphatic rings. The molecule has 2 atom stereocenters. The van der Waals surface area contributed by atoms with Crippen LogP contribution in [0.25, 0.3) is 0 Å². The second kappa shape index (κ2) is 81.3. The Hall–Kier alpha value is -6.39. The molecular weight excluding hydrogens is 1270 g/mol. The van der Waals surface area contributed by atoms with E-state index in [1.165, 1.54) is 89.9 Å². The molecule has 2 unspecified atom stereocenters. The number of nitrogens with zero attached hydrogens (tertiary/aromatic N) is 1. The van der Waals surface area contributed by atoms with Gasteiger partial charge < -0.3 is 33.3 Å². The minimum Gasteiger partial charge on any atom is -0.545 e. The molecule has 9 nitrogen and oxygen atoms in total. The number of hydrogen-bond acceptors (Lipinski definition) is 8. The number of carbonyl (C=O) groups is 3. The van der Waals surface area contributed by atoms with Crippen LogP contribution in [0.1, 0.15) is 296 Å². The average Bonchev–Trinajstić information content (AvgIpc) is 1.16. The number of quaternary nitrogens is 1. The van der Waals surface area contributed by atoms with E-state index in [0.717, 1.165) is 173 Å². The van der Waals surface area contributed by atoms with Crippen molar-refractivity contribution in [2.24, 2.45) is 0 Å². The third-order valence-electron chi connectivity index (χ3n) is 16.7. The van der Waals surface area contributed by atoms with Crippen LogP contribution in [0, 0.1) is 0 Å². The van der Waals surface area contributed by atoms with Gasteiger partial charge >= 0.3 is 11.9 Å².